The Morgan fingerprint density at radius 1 is 0.615 bits per heavy atom. The van der Waals surface area contributed by atoms with Crippen LogP contribution in [-0.2, 0) is 8.85 Å². The summed E-state index contributed by atoms with van der Waals surface area (Å²) in [7, 11) is -1.90. The van der Waals surface area contributed by atoms with Gasteiger partial charge in [0.2, 0.25) is 0 Å². The molecule has 156 valence electrons. The van der Waals surface area contributed by atoms with Gasteiger partial charge in [-0.25, -0.2) is 0 Å². The Hall–Kier alpha value is -0.123. The van der Waals surface area contributed by atoms with E-state index < -0.39 is 8.56 Å². The van der Waals surface area contributed by atoms with Crippen molar-refractivity contribution in [3.05, 3.63) is 12.7 Å². The van der Waals surface area contributed by atoms with E-state index in [4.69, 9.17) is 8.85 Å². The quantitative estimate of drug-likeness (QED) is 0.113. The van der Waals surface area contributed by atoms with Crippen molar-refractivity contribution in [2.45, 2.75) is 123 Å². The van der Waals surface area contributed by atoms with Crippen molar-refractivity contribution in [3.8, 4) is 0 Å². The van der Waals surface area contributed by atoms with Crippen LogP contribution in [0.1, 0.15) is 110 Å². The van der Waals surface area contributed by atoms with Crippen molar-refractivity contribution in [2.75, 3.05) is 13.2 Å². The van der Waals surface area contributed by atoms with Crippen molar-refractivity contribution in [2.24, 2.45) is 0 Å². The van der Waals surface area contributed by atoms with Crippen molar-refractivity contribution in [1.29, 1.82) is 0 Å². The fourth-order valence-electron chi connectivity index (χ4n) is 3.22. The zero-order valence-electron chi connectivity index (χ0n) is 18.3. The Labute approximate surface area is 166 Å². The molecular formula is C23H48O2Si. The van der Waals surface area contributed by atoms with Crippen LogP contribution >= 0.6 is 0 Å². The number of hydrogen-bond acceptors (Lipinski definition) is 2. The Balaban J connectivity index is 3.18. The molecule has 0 bridgehead atoms. The molecule has 0 saturated heterocycles. The monoisotopic (exact) mass is 384 g/mol. The third-order valence-electron chi connectivity index (χ3n) is 4.97. The van der Waals surface area contributed by atoms with Gasteiger partial charge in [0, 0.05) is 13.2 Å². The maximum Gasteiger partial charge on any atom is 0.331 e. The summed E-state index contributed by atoms with van der Waals surface area (Å²) in [5.74, 6) is 0. The van der Waals surface area contributed by atoms with Crippen molar-refractivity contribution < 1.29 is 8.85 Å². The lowest BCUT2D eigenvalue weighted by molar-refractivity contribution is 0.178. The Morgan fingerprint density at radius 3 is 1.42 bits per heavy atom. The van der Waals surface area contributed by atoms with E-state index in [0.717, 1.165) is 19.6 Å². The lowest BCUT2D eigenvalue weighted by Crippen LogP contribution is -2.35. The summed E-state index contributed by atoms with van der Waals surface area (Å²) in [5.41, 5.74) is 0. The second-order valence-corrected chi connectivity index (χ2v) is 11.5. The molecule has 0 N–H and O–H groups in total. The number of rotatable bonds is 21. The molecule has 0 fully saturated rings. The summed E-state index contributed by atoms with van der Waals surface area (Å²) in [6, 6.07) is 0. The van der Waals surface area contributed by atoms with Crippen molar-refractivity contribution in [3.63, 3.8) is 0 Å². The van der Waals surface area contributed by atoms with E-state index in [-0.39, 0.29) is 0 Å². The SMILES string of the molecule is C=CCCO[Si](C)(C)OCCCCCCCCCCCCCCCCC. The van der Waals surface area contributed by atoms with Crippen LogP contribution in [0.2, 0.25) is 13.1 Å². The second kappa shape index (κ2) is 19.6. The Kier molecular flexibility index (Phi) is 19.5. The van der Waals surface area contributed by atoms with E-state index in [0.29, 0.717) is 0 Å². The first-order chi connectivity index (χ1) is 12.6. The van der Waals surface area contributed by atoms with Crippen LogP contribution in [0.15, 0.2) is 12.7 Å². The van der Waals surface area contributed by atoms with Gasteiger partial charge in [-0.05, 0) is 25.9 Å². The minimum absolute atomic E-state index is 0.752. The van der Waals surface area contributed by atoms with Crippen LogP contribution in [0, 0.1) is 0 Å². The first-order valence-corrected chi connectivity index (χ1v) is 14.3. The summed E-state index contributed by atoms with van der Waals surface area (Å²) in [4.78, 5) is 0. The fraction of sp³-hybridized carbons (Fsp3) is 0.913. The summed E-state index contributed by atoms with van der Waals surface area (Å²) in [6.45, 7) is 11.9. The molecule has 0 aromatic heterocycles. The largest absolute Gasteiger partial charge is 0.395 e. The molecule has 0 aromatic carbocycles. The van der Waals surface area contributed by atoms with Crippen LogP contribution in [0.25, 0.3) is 0 Å². The minimum atomic E-state index is -1.90. The standard InChI is InChI=1S/C23H48O2Si/c1-5-7-9-10-11-12-13-14-15-16-17-18-19-20-21-23-25-26(3,4)24-22-8-6-2/h6H,2,5,7-23H2,1,3-4H3. The smallest absolute Gasteiger partial charge is 0.331 e. The average Bonchev–Trinajstić information content (AvgIpc) is 2.61. The number of unbranched alkanes of at least 4 members (excludes halogenated alkanes) is 14. The van der Waals surface area contributed by atoms with Crippen LogP contribution in [0.3, 0.4) is 0 Å². The van der Waals surface area contributed by atoms with Gasteiger partial charge in [-0.15, -0.1) is 6.58 Å². The van der Waals surface area contributed by atoms with E-state index in [1.165, 1.54) is 96.3 Å². The first kappa shape index (κ1) is 25.9. The fourth-order valence-corrected chi connectivity index (χ4v) is 4.55. The highest BCUT2D eigenvalue weighted by atomic mass is 28.4. The maximum atomic E-state index is 5.97. The molecule has 0 saturated carbocycles. The summed E-state index contributed by atoms with van der Waals surface area (Å²) in [6.07, 6.45) is 23.9. The van der Waals surface area contributed by atoms with Crippen LogP contribution < -0.4 is 0 Å². The molecule has 0 atom stereocenters. The van der Waals surface area contributed by atoms with E-state index in [9.17, 15) is 0 Å². The predicted octanol–water partition coefficient (Wildman–Crippen LogP) is 8.17. The third-order valence-corrected chi connectivity index (χ3v) is 6.77. The molecule has 2 nitrogen and oxygen atoms in total. The molecule has 0 rings (SSSR count). The molecule has 26 heavy (non-hydrogen) atoms. The van der Waals surface area contributed by atoms with Gasteiger partial charge in [-0.3, -0.25) is 0 Å². The summed E-state index contributed by atoms with van der Waals surface area (Å²) >= 11 is 0. The van der Waals surface area contributed by atoms with Crippen LogP contribution in [-0.4, -0.2) is 21.8 Å². The topological polar surface area (TPSA) is 18.5 Å². The average molecular weight is 385 g/mol. The van der Waals surface area contributed by atoms with Crippen molar-refractivity contribution >= 4 is 8.56 Å². The van der Waals surface area contributed by atoms with Gasteiger partial charge < -0.3 is 8.85 Å². The Bertz CT molecular complexity index is 292. The highest BCUT2D eigenvalue weighted by Gasteiger charge is 2.23. The number of hydrogen-bond donors (Lipinski definition) is 0. The van der Waals surface area contributed by atoms with Gasteiger partial charge in [0.05, 0.1) is 0 Å². The third kappa shape index (κ3) is 20.2. The molecule has 3 heteroatoms. The van der Waals surface area contributed by atoms with Gasteiger partial charge in [0.15, 0.2) is 0 Å². The van der Waals surface area contributed by atoms with Gasteiger partial charge in [0.1, 0.15) is 0 Å². The molecule has 0 aliphatic rings. The molecule has 0 heterocycles. The van der Waals surface area contributed by atoms with E-state index >= 15 is 0 Å². The summed E-state index contributed by atoms with van der Waals surface area (Å²) < 4.78 is 11.8. The minimum Gasteiger partial charge on any atom is -0.395 e. The second-order valence-electron chi connectivity index (χ2n) is 8.12. The molecule has 0 radical (unpaired) electrons. The van der Waals surface area contributed by atoms with Crippen molar-refractivity contribution in [1.82, 2.24) is 0 Å². The molecule has 0 unspecified atom stereocenters. The molecule has 0 aliphatic carbocycles. The van der Waals surface area contributed by atoms with Gasteiger partial charge in [-0.2, -0.15) is 0 Å². The van der Waals surface area contributed by atoms with E-state index in [1.807, 2.05) is 6.08 Å². The van der Waals surface area contributed by atoms with E-state index in [2.05, 4.69) is 26.6 Å². The normalized spacial score (nSPS) is 11.8. The zero-order valence-corrected chi connectivity index (χ0v) is 19.3. The van der Waals surface area contributed by atoms with Gasteiger partial charge >= 0.3 is 8.56 Å². The van der Waals surface area contributed by atoms with E-state index in [1.54, 1.807) is 0 Å². The lowest BCUT2D eigenvalue weighted by Gasteiger charge is -2.22. The van der Waals surface area contributed by atoms with Gasteiger partial charge in [-0.1, -0.05) is 103 Å². The lowest BCUT2D eigenvalue weighted by atomic mass is 10.0. The molecule has 0 aromatic rings. The molecule has 0 amide bonds. The predicted molar refractivity (Wildman–Crippen MR) is 119 cm³/mol. The molecule has 0 spiro atoms. The highest BCUT2D eigenvalue weighted by Crippen LogP contribution is 2.14. The van der Waals surface area contributed by atoms with Crippen LogP contribution in [0.5, 0.6) is 0 Å². The maximum absolute atomic E-state index is 5.97. The zero-order chi connectivity index (χ0) is 19.3. The highest BCUT2D eigenvalue weighted by molar-refractivity contribution is 6.64. The first-order valence-electron chi connectivity index (χ1n) is 11.5. The molecular weight excluding hydrogens is 336 g/mol. The van der Waals surface area contributed by atoms with Gasteiger partial charge in [0.25, 0.3) is 0 Å². The summed E-state index contributed by atoms with van der Waals surface area (Å²) in [5, 5.41) is 0. The van der Waals surface area contributed by atoms with Crippen LogP contribution in [0.4, 0.5) is 0 Å². The molecule has 0 aliphatic heterocycles. The Morgan fingerprint density at radius 2 is 1.00 bits per heavy atom.